The van der Waals surface area contributed by atoms with Crippen LogP contribution in [0.15, 0.2) is 0 Å². The highest BCUT2D eigenvalue weighted by Gasteiger charge is 2.53. The van der Waals surface area contributed by atoms with Crippen LogP contribution in [0.1, 0.15) is 135 Å². The maximum absolute atomic E-state index is 1.68. The average Bonchev–Trinajstić information content (AvgIpc) is 3.22. The molecule has 5 aliphatic carbocycles. The van der Waals surface area contributed by atoms with Gasteiger partial charge in [0.25, 0.3) is 0 Å². The fraction of sp³-hybridized carbons (Fsp3) is 1.00. The minimum Gasteiger partial charge on any atom is -0.0533 e. The van der Waals surface area contributed by atoms with Gasteiger partial charge in [-0.05, 0) is 53.8 Å². The predicted octanol–water partition coefficient (Wildman–Crippen LogP) is 9.18. The van der Waals surface area contributed by atoms with Gasteiger partial charge in [0.05, 0.1) is 0 Å². The normalized spacial score (nSPS) is 39.7. The Morgan fingerprint density at radius 1 is 0.276 bits per heavy atom. The highest BCUT2D eigenvalue weighted by molar-refractivity contribution is 5.02. The van der Waals surface area contributed by atoms with Gasteiger partial charge < -0.3 is 0 Å². The molecule has 0 aromatic carbocycles. The van der Waals surface area contributed by atoms with E-state index in [1.165, 1.54) is 25.7 Å². The van der Waals surface area contributed by atoms with E-state index < -0.39 is 0 Å². The molecule has 5 rings (SSSR count). The molecule has 0 bridgehead atoms. The Kier molecular flexibility index (Phi) is 7.26. The molecule has 0 aromatic heterocycles. The molecule has 4 unspecified atom stereocenters. The lowest BCUT2D eigenvalue weighted by atomic mass is 9.61. The Hall–Kier alpha value is 0. The zero-order valence-electron chi connectivity index (χ0n) is 19.5. The summed E-state index contributed by atoms with van der Waals surface area (Å²) in [5, 5.41) is 0. The second kappa shape index (κ2) is 10.1. The Labute approximate surface area is 182 Å². The quantitative estimate of drug-likeness (QED) is 0.442. The van der Waals surface area contributed by atoms with Crippen LogP contribution < -0.4 is 0 Å². The van der Waals surface area contributed by atoms with E-state index in [4.69, 9.17) is 0 Å². The first kappa shape index (κ1) is 20.9. The maximum Gasteiger partial charge on any atom is -0.0321 e. The summed E-state index contributed by atoms with van der Waals surface area (Å²) in [6, 6.07) is 0. The van der Waals surface area contributed by atoms with Gasteiger partial charge in [0.15, 0.2) is 0 Å². The molecule has 29 heavy (non-hydrogen) atoms. The molecule has 0 spiro atoms. The van der Waals surface area contributed by atoms with Crippen LogP contribution in [0.3, 0.4) is 0 Å². The molecule has 0 radical (unpaired) electrons. The van der Waals surface area contributed by atoms with Crippen molar-refractivity contribution < 1.29 is 0 Å². The molecular formula is C29H50. The minimum absolute atomic E-state index is 1.12. The summed E-state index contributed by atoms with van der Waals surface area (Å²) in [5.41, 5.74) is 0. The lowest BCUT2D eigenvalue weighted by Crippen LogP contribution is -2.37. The Morgan fingerprint density at radius 3 is 0.862 bits per heavy atom. The Bertz CT molecular complexity index is 426. The van der Waals surface area contributed by atoms with Crippen molar-refractivity contribution in [1.29, 1.82) is 0 Å². The minimum atomic E-state index is 1.12. The van der Waals surface area contributed by atoms with Crippen LogP contribution in [0, 0.1) is 47.3 Å². The van der Waals surface area contributed by atoms with Crippen molar-refractivity contribution in [2.75, 3.05) is 0 Å². The largest absolute Gasteiger partial charge is 0.0533 e. The van der Waals surface area contributed by atoms with Crippen molar-refractivity contribution in [2.24, 2.45) is 47.3 Å². The van der Waals surface area contributed by atoms with Crippen LogP contribution in [0.5, 0.6) is 0 Å². The summed E-state index contributed by atoms with van der Waals surface area (Å²) < 4.78 is 0. The van der Waals surface area contributed by atoms with Crippen molar-refractivity contribution in [3.63, 3.8) is 0 Å². The monoisotopic (exact) mass is 398 g/mol. The van der Waals surface area contributed by atoms with Gasteiger partial charge in [0.1, 0.15) is 0 Å². The Morgan fingerprint density at radius 2 is 0.552 bits per heavy atom. The highest BCUT2D eigenvalue weighted by atomic mass is 14.6. The van der Waals surface area contributed by atoms with Gasteiger partial charge in [-0.2, -0.15) is 0 Å². The molecule has 4 atom stereocenters. The van der Waals surface area contributed by atoms with Gasteiger partial charge in [-0.1, -0.05) is 128 Å². The third-order valence-electron chi connectivity index (χ3n) is 10.9. The standard InChI is InChI=1S/C29H50/c1-5-13-22(14-6-1)26-21-27(23-15-7-2-8-16-23)29(25-19-11-4-12-20-25)28(26)24-17-9-3-10-18-24/h22-29H,1-21H2. The van der Waals surface area contributed by atoms with Crippen LogP contribution >= 0.6 is 0 Å². The molecule has 5 saturated carbocycles. The van der Waals surface area contributed by atoms with E-state index in [0.717, 1.165) is 47.3 Å². The van der Waals surface area contributed by atoms with Crippen molar-refractivity contribution in [1.82, 2.24) is 0 Å². The molecular weight excluding hydrogens is 348 g/mol. The zero-order chi connectivity index (χ0) is 19.5. The highest BCUT2D eigenvalue weighted by Crippen LogP contribution is 2.60. The van der Waals surface area contributed by atoms with Crippen LogP contribution in [-0.2, 0) is 0 Å². The van der Waals surface area contributed by atoms with E-state index in [9.17, 15) is 0 Å². The van der Waals surface area contributed by atoms with E-state index in [0.29, 0.717) is 0 Å². The summed E-state index contributed by atoms with van der Waals surface area (Å²) in [7, 11) is 0. The molecule has 166 valence electrons. The summed E-state index contributed by atoms with van der Waals surface area (Å²) in [6.07, 6.45) is 33.1. The van der Waals surface area contributed by atoms with Crippen molar-refractivity contribution >= 4 is 0 Å². The summed E-state index contributed by atoms with van der Waals surface area (Å²) in [5.74, 6) is 9.05. The van der Waals surface area contributed by atoms with Crippen molar-refractivity contribution in [3.8, 4) is 0 Å². The summed E-state index contributed by atoms with van der Waals surface area (Å²) >= 11 is 0. The molecule has 0 aromatic rings. The first-order chi connectivity index (χ1) is 14.4. The molecule has 0 saturated heterocycles. The second-order valence-corrected chi connectivity index (χ2v) is 12.3. The van der Waals surface area contributed by atoms with Gasteiger partial charge in [-0.25, -0.2) is 0 Å². The Balaban J connectivity index is 1.44. The molecule has 0 nitrogen and oxygen atoms in total. The zero-order valence-corrected chi connectivity index (χ0v) is 19.5. The average molecular weight is 399 g/mol. The van der Waals surface area contributed by atoms with E-state index in [1.807, 2.05) is 0 Å². The predicted molar refractivity (Wildman–Crippen MR) is 125 cm³/mol. The molecule has 5 fully saturated rings. The summed E-state index contributed by atoms with van der Waals surface area (Å²) in [6.45, 7) is 0. The first-order valence-corrected chi connectivity index (χ1v) is 14.4. The third kappa shape index (κ3) is 4.62. The van der Waals surface area contributed by atoms with Gasteiger partial charge >= 0.3 is 0 Å². The van der Waals surface area contributed by atoms with Crippen LogP contribution in [0.4, 0.5) is 0 Å². The van der Waals surface area contributed by atoms with Crippen molar-refractivity contribution in [3.05, 3.63) is 0 Å². The first-order valence-electron chi connectivity index (χ1n) is 14.4. The van der Waals surface area contributed by atoms with Crippen molar-refractivity contribution in [2.45, 2.75) is 135 Å². The maximum atomic E-state index is 1.68. The van der Waals surface area contributed by atoms with Crippen LogP contribution in [-0.4, -0.2) is 0 Å². The summed E-state index contributed by atoms with van der Waals surface area (Å²) in [4.78, 5) is 0. The smallest absolute Gasteiger partial charge is 0.0321 e. The molecule has 0 N–H and O–H groups in total. The molecule has 5 aliphatic rings. The second-order valence-electron chi connectivity index (χ2n) is 12.3. The fourth-order valence-corrected chi connectivity index (χ4v) is 9.70. The molecule has 0 heteroatoms. The molecule has 0 aliphatic heterocycles. The molecule has 0 amide bonds. The molecule has 0 heterocycles. The van der Waals surface area contributed by atoms with Gasteiger partial charge in [0, 0.05) is 0 Å². The van der Waals surface area contributed by atoms with E-state index in [-0.39, 0.29) is 0 Å². The van der Waals surface area contributed by atoms with Gasteiger partial charge in [-0.15, -0.1) is 0 Å². The van der Waals surface area contributed by atoms with E-state index >= 15 is 0 Å². The van der Waals surface area contributed by atoms with Crippen LogP contribution in [0.2, 0.25) is 0 Å². The topological polar surface area (TPSA) is 0 Å². The van der Waals surface area contributed by atoms with Gasteiger partial charge in [-0.3, -0.25) is 0 Å². The number of hydrogen-bond acceptors (Lipinski definition) is 0. The lowest BCUT2D eigenvalue weighted by Gasteiger charge is -2.44. The lowest BCUT2D eigenvalue weighted by molar-refractivity contribution is 0.0487. The third-order valence-corrected chi connectivity index (χ3v) is 10.9. The number of hydrogen-bond donors (Lipinski definition) is 0. The van der Waals surface area contributed by atoms with Crippen LogP contribution in [0.25, 0.3) is 0 Å². The number of rotatable bonds is 4. The van der Waals surface area contributed by atoms with Gasteiger partial charge in [0.2, 0.25) is 0 Å². The van der Waals surface area contributed by atoms with E-state index in [2.05, 4.69) is 0 Å². The fourth-order valence-electron chi connectivity index (χ4n) is 9.70. The SMILES string of the molecule is C1CCC(C2CC(C3CCCCC3)C(C3CCCCC3)C2C2CCCCC2)CC1. The van der Waals surface area contributed by atoms with E-state index in [1.54, 1.807) is 109 Å².